The van der Waals surface area contributed by atoms with Crippen molar-refractivity contribution in [3.8, 4) is 0 Å². The Morgan fingerprint density at radius 1 is 1.60 bits per heavy atom. The number of nitrogens with zero attached hydrogens (tertiary/aromatic N) is 1. The topological polar surface area (TPSA) is 39.2 Å². The van der Waals surface area contributed by atoms with Crippen LogP contribution < -0.4 is 0 Å². The van der Waals surface area contributed by atoms with Crippen LogP contribution in [-0.2, 0) is 10.1 Å². The van der Waals surface area contributed by atoms with Crippen molar-refractivity contribution >= 4 is 21.9 Å². The maximum atomic E-state index is 12.7. The van der Waals surface area contributed by atoms with Gasteiger partial charge in [0.2, 0.25) is 0 Å². The highest BCUT2D eigenvalue weighted by Crippen LogP contribution is 2.27. The van der Waals surface area contributed by atoms with Gasteiger partial charge in [0.1, 0.15) is 0 Å². The second-order valence-corrected chi connectivity index (χ2v) is 3.25. The number of rotatable bonds is 3. The third kappa shape index (κ3) is 2.50. The number of carbonyl (C=O) groups excluding carboxylic acids is 1. The zero-order chi connectivity index (χ0) is 11.4. The van der Waals surface area contributed by atoms with E-state index in [1.165, 1.54) is 6.20 Å². The Labute approximate surface area is 93.6 Å². The monoisotopic (exact) mass is 279 g/mol. The number of alkyl halides is 3. The lowest BCUT2D eigenvalue weighted by Gasteiger charge is -2.10. The van der Waals surface area contributed by atoms with E-state index in [-0.39, 0.29) is 22.0 Å². The van der Waals surface area contributed by atoms with Gasteiger partial charge >= 0.3 is 5.97 Å². The smallest absolute Gasteiger partial charge is 0.339 e. The first-order chi connectivity index (χ1) is 7.11. The minimum Gasteiger partial charge on any atom is -0.465 e. The van der Waals surface area contributed by atoms with Crippen molar-refractivity contribution in [3.05, 3.63) is 29.1 Å². The van der Waals surface area contributed by atoms with E-state index in [1.807, 2.05) is 0 Å². The molecule has 1 aromatic heterocycles. The second-order valence-electron chi connectivity index (χ2n) is 2.69. The molecule has 6 heteroatoms. The summed E-state index contributed by atoms with van der Waals surface area (Å²) in [5.41, 5.74) is -0.230. The highest BCUT2D eigenvalue weighted by atomic mass is 79.9. The molecule has 0 unspecified atom stereocenters. The molecule has 0 fully saturated rings. The Morgan fingerprint density at radius 2 is 2.27 bits per heavy atom. The highest BCUT2D eigenvalue weighted by Gasteiger charge is 2.22. The Hall–Kier alpha value is -1.04. The third-order valence-corrected chi connectivity index (χ3v) is 2.44. The first-order valence-corrected chi connectivity index (χ1v) is 5.13. The van der Waals surface area contributed by atoms with Crippen molar-refractivity contribution in [2.24, 2.45) is 0 Å². The zero-order valence-electron chi connectivity index (χ0n) is 7.84. The number of aromatic nitrogens is 1. The molecule has 0 aliphatic rings. The fourth-order valence-electron chi connectivity index (χ4n) is 1.15. The van der Waals surface area contributed by atoms with Crippen LogP contribution in [0.1, 0.15) is 27.9 Å². The number of methoxy groups -OCH3 is 1. The van der Waals surface area contributed by atoms with E-state index >= 15 is 0 Å². The van der Waals surface area contributed by atoms with Crippen LogP contribution >= 0.6 is 15.9 Å². The summed E-state index contributed by atoms with van der Waals surface area (Å²) in [6, 6.07) is 0. The van der Waals surface area contributed by atoms with E-state index in [4.69, 9.17) is 0 Å². The second kappa shape index (κ2) is 5.16. The van der Waals surface area contributed by atoms with Gasteiger partial charge in [0.15, 0.2) is 0 Å². The van der Waals surface area contributed by atoms with Crippen molar-refractivity contribution in [2.45, 2.75) is 11.8 Å². The minimum atomic E-state index is -2.73. The van der Waals surface area contributed by atoms with Crippen LogP contribution in [0.15, 0.2) is 12.4 Å². The lowest BCUT2D eigenvalue weighted by molar-refractivity contribution is 0.0588. The first-order valence-electron chi connectivity index (χ1n) is 4.01. The number of carbonyl (C=O) groups is 1. The van der Waals surface area contributed by atoms with Gasteiger partial charge in [0.05, 0.1) is 12.7 Å². The highest BCUT2D eigenvalue weighted by molar-refractivity contribution is 9.08. The van der Waals surface area contributed by atoms with Gasteiger partial charge in [-0.3, -0.25) is 4.98 Å². The first kappa shape index (κ1) is 12.0. The molecule has 82 valence electrons. The number of ether oxygens (including phenoxy) is 1. The summed E-state index contributed by atoms with van der Waals surface area (Å²) in [6.07, 6.45) is -0.350. The van der Waals surface area contributed by atoms with Gasteiger partial charge in [-0.15, -0.1) is 0 Å². The summed E-state index contributed by atoms with van der Waals surface area (Å²) < 4.78 is 29.8. The molecule has 0 aliphatic carbocycles. The molecule has 1 aromatic rings. The Bertz CT molecular complexity index is 371. The normalized spacial score (nSPS) is 10.5. The van der Waals surface area contributed by atoms with Crippen molar-refractivity contribution in [2.75, 3.05) is 7.11 Å². The fraction of sp³-hybridized carbons (Fsp3) is 0.333. The van der Waals surface area contributed by atoms with E-state index in [9.17, 15) is 13.6 Å². The lowest BCUT2D eigenvalue weighted by Crippen LogP contribution is -2.09. The van der Waals surface area contributed by atoms with Crippen molar-refractivity contribution in [1.29, 1.82) is 0 Å². The molecule has 0 saturated carbocycles. The number of halogens is 3. The molecule has 0 saturated heterocycles. The van der Waals surface area contributed by atoms with E-state index < -0.39 is 12.4 Å². The SMILES string of the molecule is COC(=O)c1cncc(CBr)c1C(F)F. The molecular weight excluding hydrogens is 272 g/mol. The summed E-state index contributed by atoms with van der Waals surface area (Å²) in [5.74, 6) is -0.805. The number of hydrogen-bond donors (Lipinski definition) is 0. The molecule has 0 aromatic carbocycles. The van der Waals surface area contributed by atoms with Crippen molar-refractivity contribution in [1.82, 2.24) is 4.98 Å². The van der Waals surface area contributed by atoms with E-state index in [0.29, 0.717) is 0 Å². The molecule has 0 N–H and O–H groups in total. The molecule has 1 heterocycles. The van der Waals surface area contributed by atoms with Gasteiger partial charge in [0, 0.05) is 23.3 Å². The van der Waals surface area contributed by atoms with Crippen molar-refractivity contribution in [3.63, 3.8) is 0 Å². The summed E-state index contributed by atoms with van der Waals surface area (Å²) in [7, 11) is 1.14. The maximum Gasteiger partial charge on any atom is 0.339 e. The van der Waals surface area contributed by atoms with Gasteiger partial charge in [-0.05, 0) is 5.56 Å². The molecule has 3 nitrogen and oxygen atoms in total. The molecule has 1 rings (SSSR count). The fourth-order valence-corrected chi connectivity index (χ4v) is 1.60. The predicted octanol–water partition coefficient (Wildman–Crippen LogP) is 2.70. The molecule has 0 radical (unpaired) electrons. The molecule has 0 amide bonds. The van der Waals surface area contributed by atoms with Crippen LogP contribution in [0.3, 0.4) is 0 Å². The Balaban J connectivity index is 3.31. The van der Waals surface area contributed by atoms with Gasteiger partial charge in [-0.1, -0.05) is 15.9 Å². The van der Waals surface area contributed by atoms with Gasteiger partial charge < -0.3 is 4.74 Å². The van der Waals surface area contributed by atoms with Crippen LogP contribution in [0.5, 0.6) is 0 Å². The third-order valence-electron chi connectivity index (χ3n) is 1.84. The quantitative estimate of drug-likeness (QED) is 0.631. The number of pyridine rings is 1. The molecule has 0 bridgehead atoms. The van der Waals surface area contributed by atoms with Gasteiger partial charge in [-0.2, -0.15) is 0 Å². The zero-order valence-corrected chi connectivity index (χ0v) is 9.42. The average molecular weight is 280 g/mol. The minimum absolute atomic E-state index is 0.190. The summed E-state index contributed by atoms with van der Waals surface area (Å²) in [6.45, 7) is 0. The van der Waals surface area contributed by atoms with E-state index in [0.717, 1.165) is 13.3 Å². The van der Waals surface area contributed by atoms with Crippen LogP contribution in [0.25, 0.3) is 0 Å². The van der Waals surface area contributed by atoms with Crippen LogP contribution in [0, 0.1) is 0 Å². The predicted molar refractivity (Wildman–Crippen MR) is 53.2 cm³/mol. The van der Waals surface area contributed by atoms with Gasteiger partial charge in [-0.25, -0.2) is 13.6 Å². The Kier molecular flexibility index (Phi) is 4.14. The van der Waals surface area contributed by atoms with Crippen LogP contribution in [-0.4, -0.2) is 18.1 Å². The average Bonchev–Trinajstić information content (AvgIpc) is 2.26. The van der Waals surface area contributed by atoms with Gasteiger partial charge in [0.25, 0.3) is 6.43 Å². The number of esters is 1. The standard InChI is InChI=1S/C9H8BrF2NO2/c1-15-9(14)6-4-13-3-5(2-10)7(6)8(11)12/h3-4,8H,2H2,1H3. The number of hydrogen-bond acceptors (Lipinski definition) is 3. The summed E-state index contributed by atoms with van der Waals surface area (Å²) in [5, 5.41) is 0.213. The molecule has 15 heavy (non-hydrogen) atoms. The molecular formula is C9H8BrF2NO2. The van der Waals surface area contributed by atoms with E-state index in [1.54, 1.807) is 0 Å². The maximum absolute atomic E-state index is 12.7. The lowest BCUT2D eigenvalue weighted by atomic mass is 10.1. The molecule has 0 atom stereocenters. The largest absolute Gasteiger partial charge is 0.465 e. The van der Waals surface area contributed by atoms with E-state index in [2.05, 4.69) is 25.7 Å². The molecule has 0 spiro atoms. The van der Waals surface area contributed by atoms with Crippen molar-refractivity contribution < 1.29 is 18.3 Å². The Morgan fingerprint density at radius 3 is 2.73 bits per heavy atom. The summed E-state index contributed by atoms with van der Waals surface area (Å²) in [4.78, 5) is 14.9. The summed E-state index contributed by atoms with van der Waals surface area (Å²) >= 11 is 3.06. The molecule has 0 aliphatic heterocycles. The van der Waals surface area contributed by atoms with Crippen LogP contribution in [0.4, 0.5) is 8.78 Å². The van der Waals surface area contributed by atoms with Crippen LogP contribution in [0.2, 0.25) is 0 Å².